The van der Waals surface area contributed by atoms with E-state index in [1.165, 1.54) is 0 Å². The number of ether oxygens (including phenoxy) is 1. The Bertz CT molecular complexity index is 613. The van der Waals surface area contributed by atoms with Gasteiger partial charge in [-0.2, -0.15) is 0 Å². The van der Waals surface area contributed by atoms with Crippen molar-refractivity contribution in [1.82, 2.24) is 4.57 Å². The van der Waals surface area contributed by atoms with Gasteiger partial charge in [-0.25, -0.2) is 4.79 Å². The van der Waals surface area contributed by atoms with Crippen LogP contribution in [0.1, 0.15) is 28.5 Å². The molecule has 1 heterocycles. The monoisotopic (exact) mass is 261 g/mol. The molecular weight excluding hydrogens is 242 g/mol. The van der Waals surface area contributed by atoms with Crippen molar-refractivity contribution in [2.45, 2.75) is 27.3 Å². The number of benzene rings is 1. The van der Waals surface area contributed by atoms with Crippen molar-refractivity contribution in [3.8, 4) is 0 Å². The summed E-state index contributed by atoms with van der Waals surface area (Å²) in [4.78, 5) is 11.4. The summed E-state index contributed by atoms with van der Waals surface area (Å²) in [6, 6.07) is 5.83. The molecule has 0 fully saturated rings. The zero-order valence-corrected chi connectivity index (χ0v) is 11.6. The maximum Gasteiger partial charge on any atom is 0.352 e. The Labute approximate surface area is 112 Å². The first-order chi connectivity index (χ1) is 9.04. The summed E-state index contributed by atoms with van der Waals surface area (Å²) < 4.78 is 7.18. The molecule has 0 aliphatic heterocycles. The van der Waals surface area contributed by atoms with E-state index < -0.39 is 5.97 Å². The molecule has 102 valence electrons. The van der Waals surface area contributed by atoms with Crippen LogP contribution in [0.4, 0.5) is 0 Å². The van der Waals surface area contributed by atoms with Gasteiger partial charge in [-0.15, -0.1) is 0 Å². The molecular formula is C15H19NO3. The SMILES string of the molecule is CCOCCn1c(C(=O)O)cc2cc(C)cc(C)c21. The maximum atomic E-state index is 11.4. The summed E-state index contributed by atoms with van der Waals surface area (Å²) in [6.45, 7) is 7.68. The molecule has 0 unspecified atom stereocenters. The van der Waals surface area contributed by atoms with E-state index in [1.54, 1.807) is 6.07 Å². The molecule has 0 bridgehead atoms. The van der Waals surface area contributed by atoms with Crippen LogP contribution in [-0.2, 0) is 11.3 Å². The fourth-order valence-corrected chi connectivity index (χ4v) is 2.53. The smallest absolute Gasteiger partial charge is 0.352 e. The van der Waals surface area contributed by atoms with Gasteiger partial charge in [-0.1, -0.05) is 11.6 Å². The molecule has 4 heteroatoms. The van der Waals surface area contributed by atoms with Crippen molar-refractivity contribution in [3.05, 3.63) is 35.0 Å². The van der Waals surface area contributed by atoms with E-state index in [2.05, 4.69) is 6.07 Å². The van der Waals surface area contributed by atoms with E-state index >= 15 is 0 Å². The second-order valence-corrected chi connectivity index (χ2v) is 4.70. The Morgan fingerprint density at radius 3 is 2.68 bits per heavy atom. The number of carboxylic acids is 1. The highest BCUT2D eigenvalue weighted by Crippen LogP contribution is 2.25. The number of aryl methyl sites for hydroxylation is 2. The van der Waals surface area contributed by atoms with Crippen LogP contribution in [0.25, 0.3) is 10.9 Å². The largest absolute Gasteiger partial charge is 0.477 e. The minimum atomic E-state index is -0.898. The van der Waals surface area contributed by atoms with Crippen LogP contribution in [0.5, 0.6) is 0 Å². The van der Waals surface area contributed by atoms with Crippen LogP contribution in [0.2, 0.25) is 0 Å². The van der Waals surface area contributed by atoms with Gasteiger partial charge in [0.1, 0.15) is 5.69 Å². The van der Waals surface area contributed by atoms with E-state index in [4.69, 9.17) is 4.74 Å². The molecule has 0 spiro atoms. The average Bonchev–Trinajstić information content (AvgIpc) is 2.68. The lowest BCUT2D eigenvalue weighted by Gasteiger charge is -2.10. The molecule has 0 radical (unpaired) electrons. The Morgan fingerprint density at radius 2 is 2.05 bits per heavy atom. The summed E-state index contributed by atoms with van der Waals surface area (Å²) in [7, 11) is 0. The Kier molecular flexibility index (Phi) is 3.90. The number of aromatic carboxylic acids is 1. The number of nitrogens with zero attached hydrogens (tertiary/aromatic N) is 1. The molecule has 2 rings (SSSR count). The van der Waals surface area contributed by atoms with Gasteiger partial charge in [0.15, 0.2) is 0 Å². The number of hydrogen-bond acceptors (Lipinski definition) is 2. The first-order valence-corrected chi connectivity index (χ1v) is 6.46. The molecule has 0 aliphatic carbocycles. The van der Waals surface area contributed by atoms with Crippen LogP contribution in [0.3, 0.4) is 0 Å². The van der Waals surface area contributed by atoms with Gasteiger partial charge in [0.25, 0.3) is 0 Å². The van der Waals surface area contributed by atoms with Gasteiger partial charge < -0.3 is 14.4 Å². The Hall–Kier alpha value is -1.81. The standard InChI is InChI=1S/C15H19NO3/c1-4-19-6-5-16-13(15(17)18)9-12-8-10(2)7-11(3)14(12)16/h7-9H,4-6H2,1-3H3,(H,17,18). The number of aromatic nitrogens is 1. The molecule has 1 aromatic heterocycles. The van der Waals surface area contributed by atoms with Crippen molar-refractivity contribution >= 4 is 16.9 Å². The lowest BCUT2D eigenvalue weighted by Crippen LogP contribution is -2.12. The molecule has 0 saturated carbocycles. The van der Waals surface area contributed by atoms with E-state index in [0.29, 0.717) is 25.5 Å². The van der Waals surface area contributed by atoms with Crippen LogP contribution < -0.4 is 0 Å². The van der Waals surface area contributed by atoms with Crippen LogP contribution in [0, 0.1) is 13.8 Å². The fourth-order valence-electron chi connectivity index (χ4n) is 2.53. The topological polar surface area (TPSA) is 51.5 Å². The third kappa shape index (κ3) is 2.63. The second-order valence-electron chi connectivity index (χ2n) is 4.70. The van der Waals surface area contributed by atoms with Crippen molar-refractivity contribution in [2.75, 3.05) is 13.2 Å². The van der Waals surface area contributed by atoms with Crippen molar-refractivity contribution < 1.29 is 14.6 Å². The maximum absolute atomic E-state index is 11.4. The molecule has 0 aliphatic rings. The molecule has 0 amide bonds. The van der Waals surface area contributed by atoms with Gasteiger partial charge in [0.2, 0.25) is 0 Å². The van der Waals surface area contributed by atoms with Gasteiger partial charge in [0, 0.05) is 18.5 Å². The average molecular weight is 261 g/mol. The normalized spacial score (nSPS) is 11.1. The van der Waals surface area contributed by atoms with E-state index in [9.17, 15) is 9.90 Å². The predicted molar refractivity (Wildman–Crippen MR) is 74.9 cm³/mol. The highest BCUT2D eigenvalue weighted by Gasteiger charge is 2.16. The lowest BCUT2D eigenvalue weighted by atomic mass is 10.1. The minimum absolute atomic E-state index is 0.323. The quantitative estimate of drug-likeness (QED) is 0.842. The number of hydrogen-bond donors (Lipinski definition) is 1. The third-order valence-electron chi connectivity index (χ3n) is 3.21. The molecule has 1 N–H and O–H groups in total. The summed E-state index contributed by atoms with van der Waals surface area (Å²) in [5.41, 5.74) is 3.55. The van der Waals surface area contributed by atoms with Crippen molar-refractivity contribution in [2.24, 2.45) is 0 Å². The highest BCUT2D eigenvalue weighted by atomic mass is 16.5. The van der Waals surface area contributed by atoms with Gasteiger partial charge >= 0.3 is 5.97 Å². The Morgan fingerprint density at radius 1 is 1.32 bits per heavy atom. The molecule has 4 nitrogen and oxygen atoms in total. The molecule has 2 aromatic rings. The van der Waals surface area contributed by atoms with Gasteiger partial charge in [-0.3, -0.25) is 0 Å². The number of fused-ring (bicyclic) bond motifs is 1. The minimum Gasteiger partial charge on any atom is -0.477 e. The van der Waals surface area contributed by atoms with Crippen LogP contribution in [0.15, 0.2) is 18.2 Å². The summed E-state index contributed by atoms with van der Waals surface area (Å²) in [6.07, 6.45) is 0. The zero-order chi connectivity index (χ0) is 14.0. The van der Waals surface area contributed by atoms with E-state index in [-0.39, 0.29) is 0 Å². The highest BCUT2D eigenvalue weighted by molar-refractivity contribution is 5.96. The summed E-state index contributed by atoms with van der Waals surface area (Å²) in [5, 5.41) is 10.3. The predicted octanol–water partition coefficient (Wildman–Crippen LogP) is 2.99. The summed E-state index contributed by atoms with van der Waals surface area (Å²) in [5.74, 6) is -0.898. The first kappa shape index (κ1) is 13.6. The van der Waals surface area contributed by atoms with Crippen molar-refractivity contribution in [3.63, 3.8) is 0 Å². The zero-order valence-electron chi connectivity index (χ0n) is 11.6. The van der Waals surface area contributed by atoms with Crippen molar-refractivity contribution in [1.29, 1.82) is 0 Å². The molecule has 1 aromatic carbocycles. The first-order valence-electron chi connectivity index (χ1n) is 6.46. The molecule has 19 heavy (non-hydrogen) atoms. The number of carboxylic acid groups (broad SMARTS) is 1. The number of carbonyl (C=O) groups is 1. The van der Waals surface area contributed by atoms with E-state index in [1.807, 2.05) is 31.4 Å². The lowest BCUT2D eigenvalue weighted by molar-refractivity contribution is 0.0682. The fraction of sp³-hybridized carbons (Fsp3) is 0.400. The van der Waals surface area contributed by atoms with Gasteiger partial charge in [0.05, 0.1) is 12.1 Å². The number of rotatable bonds is 5. The van der Waals surface area contributed by atoms with Crippen LogP contribution >= 0.6 is 0 Å². The molecule has 0 saturated heterocycles. The van der Waals surface area contributed by atoms with Gasteiger partial charge in [-0.05, 0) is 38.5 Å². The Balaban J connectivity index is 2.56. The molecule has 0 atom stereocenters. The van der Waals surface area contributed by atoms with E-state index in [0.717, 1.165) is 22.0 Å². The third-order valence-corrected chi connectivity index (χ3v) is 3.21. The second kappa shape index (κ2) is 5.45. The summed E-state index contributed by atoms with van der Waals surface area (Å²) >= 11 is 0. The van der Waals surface area contributed by atoms with Crippen LogP contribution in [-0.4, -0.2) is 28.9 Å².